The summed E-state index contributed by atoms with van der Waals surface area (Å²) in [6, 6.07) is 6.88. The molecule has 116 valence electrons. The van der Waals surface area contributed by atoms with Gasteiger partial charge in [-0.05, 0) is 37.1 Å². The van der Waals surface area contributed by atoms with Gasteiger partial charge in [-0.2, -0.15) is 0 Å². The molecule has 0 radical (unpaired) electrons. The van der Waals surface area contributed by atoms with Gasteiger partial charge in [-0.1, -0.05) is 26.7 Å². The number of aliphatic hydroxyl groups is 1. The molecule has 0 aromatic heterocycles. The Morgan fingerprint density at radius 1 is 1.29 bits per heavy atom. The van der Waals surface area contributed by atoms with Crippen LogP contribution in [0.5, 0.6) is 0 Å². The molecule has 1 aliphatic carbocycles. The van der Waals surface area contributed by atoms with Gasteiger partial charge in [0, 0.05) is 15.7 Å². The van der Waals surface area contributed by atoms with Crippen molar-refractivity contribution in [3.63, 3.8) is 0 Å². The van der Waals surface area contributed by atoms with Crippen molar-refractivity contribution in [3.8, 4) is 0 Å². The lowest BCUT2D eigenvalue weighted by atomic mass is 9.98. The Labute approximate surface area is 128 Å². The van der Waals surface area contributed by atoms with E-state index in [2.05, 4.69) is 5.32 Å². The first-order valence-corrected chi connectivity index (χ1v) is 8.63. The van der Waals surface area contributed by atoms with E-state index < -0.39 is 16.3 Å². The highest BCUT2D eigenvalue weighted by atomic mass is 32.2. The average molecular weight is 309 g/mol. The van der Waals surface area contributed by atoms with Gasteiger partial charge in [0.15, 0.2) is 0 Å². The fourth-order valence-corrected chi connectivity index (χ4v) is 3.65. The van der Waals surface area contributed by atoms with E-state index >= 15 is 0 Å². The summed E-state index contributed by atoms with van der Waals surface area (Å²) >= 11 is 0. The van der Waals surface area contributed by atoms with Crippen molar-refractivity contribution >= 4 is 16.7 Å². The molecule has 0 heterocycles. The predicted molar refractivity (Wildman–Crippen MR) is 83.7 cm³/mol. The molecule has 4 nitrogen and oxygen atoms in total. The first-order chi connectivity index (χ1) is 9.97. The Hall–Kier alpha value is -1.20. The molecule has 0 spiro atoms. The number of hydrogen-bond donors (Lipinski definition) is 2. The molecule has 1 aromatic carbocycles. The van der Waals surface area contributed by atoms with Gasteiger partial charge in [-0.3, -0.25) is 9.00 Å². The molecule has 2 rings (SSSR count). The number of aliphatic hydroxyl groups excluding tert-OH is 1. The third-order valence-corrected chi connectivity index (χ3v) is 5.61. The molecule has 2 N–H and O–H groups in total. The molecule has 21 heavy (non-hydrogen) atoms. The maximum atomic E-state index is 12.3. The van der Waals surface area contributed by atoms with Gasteiger partial charge >= 0.3 is 0 Å². The summed E-state index contributed by atoms with van der Waals surface area (Å²) in [4.78, 5) is 13.0. The molecule has 1 atom stereocenters. The summed E-state index contributed by atoms with van der Waals surface area (Å²) in [5.41, 5.74) is 0.0792. The first kappa shape index (κ1) is 16.2. The van der Waals surface area contributed by atoms with E-state index in [0.29, 0.717) is 5.56 Å². The molecule has 1 fully saturated rings. The van der Waals surface area contributed by atoms with Gasteiger partial charge < -0.3 is 10.4 Å². The van der Waals surface area contributed by atoms with Gasteiger partial charge in [0.2, 0.25) is 0 Å². The zero-order valence-electron chi connectivity index (χ0n) is 12.6. The summed E-state index contributed by atoms with van der Waals surface area (Å²) in [6.45, 7) is 3.79. The van der Waals surface area contributed by atoms with Crippen LogP contribution in [0.2, 0.25) is 0 Å². The van der Waals surface area contributed by atoms with Crippen LogP contribution in [0.4, 0.5) is 0 Å². The minimum Gasteiger partial charge on any atom is -0.394 e. The Balaban J connectivity index is 2.08. The van der Waals surface area contributed by atoms with Crippen LogP contribution in [0.15, 0.2) is 29.2 Å². The molecule has 1 saturated carbocycles. The number of nitrogens with one attached hydrogen (secondary N) is 1. The van der Waals surface area contributed by atoms with Gasteiger partial charge in [-0.25, -0.2) is 0 Å². The highest BCUT2D eigenvalue weighted by Crippen LogP contribution is 2.29. The standard InChI is InChI=1S/C16H23NO3S/c1-12(2)21(20)14-7-5-13(6-8-14)15(19)17-16(11-18)9-3-4-10-16/h5-8,12,18H,3-4,9-11H2,1-2H3,(H,17,19). The van der Waals surface area contributed by atoms with Crippen molar-refractivity contribution in [2.45, 2.75) is 55.2 Å². The van der Waals surface area contributed by atoms with Crippen LogP contribution in [0.3, 0.4) is 0 Å². The van der Waals surface area contributed by atoms with Crippen LogP contribution in [-0.4, -0.2) is 32.6 Å². The zero-order chi connectivity index (χ0) is 15.5. The van der Waals surface area contributed by atoms with E-state index in [9.17, 15) is 14.1 Å². The van der Waals surface area contributed by atoms with E-state index in [1.165, 1.54) is 0 Å². The average Bonchev–Trinajstić information content (AvgIpc) is 2.95. The maximum Gasteiger partial charge on any atom is 0.251 e. The number of hydrogen-bond acceptors (Lipinski definition) is 3. The Kier molecular flexibility index (Phi) is 5.17. The summed E-state index contributed by atoms with van der Waals surface area (Å²) in [6.07, 6.45) is 3.72. The predicted octanol–water partition coefficient (Wildman–Crippen LogP) is 2.24. The highest BCUT2D eigenvalue weighted by molar-refractivity contribution is 7.85. The summed E-state index contributed by atoms with van der Waals surface area (Å²) in [7, 11) is -1.04. The SMILES string of the molecule is CC(C)S(=O)c1ccc(C(=O)NC2(CO)CCCC2)cc1. The van der Waals surface area contributed by atoms with Crippen molar-refractivity contribution < 1.29 is 14.1 Å². The van der Waals surface area contributed by atoms with E-state index in [0.717, 1.165) is 30.6 Å². The molecule has 1 aromatic rings. The fourth-order valence-electron chi connectivity index (χ4n) is 2.70. The smallest absolute Gasteiger partial charge is 0.251 e. The Bertz CT molecular complexity index is 519. The largest absolute Gasteiger partial charge is 0.394 e. The molecule has 0 bridgehead atoms. The molecule has 0 aliphatic heterocycles. The van der Waals surface area contributed by atoms with E-state index in [4.69, 9.17) is 0 Å². The lowest BCUT2D eigenvalue weighted by Crippen LogP contribution is -2.49. The number of carbonyl (C=O) groups excluding carboxylic acids is 1. The summed E-state index contributed by atoms with van der Waals surface area (Å²) in [5, 5.41) is 12.6. The van der Waals surface area contributed by atoms with Crippen molar-refractivity contribution in [3.05, 3.63) is 29.8 Å². The van der Waals surface area contributed by atoms with Crippen molar-refractivity contribution in [2.75, 3.05) is 6.61 Å². The normalized spacial score (nSPS) is 18.7. The third kappa shape index (κ3) is 3.71. The van der Waals surface area contributed by atoms with Crippen molar-refractivity contribution in [2.24, 2.45) is 0 Å². The first-order valence-electron chi connectivity index (χ1n) is 7.41. The van der Waals surface area contributed by atoms with Crippen LogP contribution in [-0.2, 0) is 10.8 Å². The monoisotopic (exact) mass is 309 g/mol. The number of amides is 1. The topological polar surface area (TPSA) is 66.4 Å². The molecular formula is C16H23NO3S. The zero-order valence-corrected chi connectivity index (χ0v) is 13.4. The maximum absolute atomic E-state index is 12.3. The molecule has 1 aliphatic rings. The number of rotatable bonds is 5. The van der Waals surface area contributed by atoms with Crippen LogP contribution in [0.25, 0.3) is 0 Å². The van der Waals surface area contributed by atoms with Gasteiger partial charge in [0.05, 0.1) is 22.9 Å². The second kappa shape index (κ2) is 6.71. The van der Waals surface area contributed by atoms with Crippen LogP contribution >= 0.6 is 0 Å². The van der Waals surface area contributed by atoms with Crippen molar-refractivity contribution in [1.82, 2.24) is 5.32 Å². The van der Waals surface area contributed by atoms with Gasteiger partial charge in [-0.15, -0.1) is 0 Å². The van der Waals surface area contributed by atoms with Crippen LogP contribution < -0.4 is 5.32 Å². The van der Waals surface area contributed by atoms with E-state index in [1.54, 1.807) is 24.3 Å². The van der Waals surface area contributed by atoms with Gasteiger partial charge in [0.1, 0.15) is 0 Å². The molecule has 1 amide bonds. The minimum atomic E-state index is -1.04. The molecular weight excluding hydrogens is 286 g/mol. The molecule has 5 heteroatoms. The molecule has 0 saturated heterocycles. The lowest BCUT2D eigenvalue weighted by molar-refractivity contribution is 0.0838. The second-order valence-electron chi connectivity index (χ2n) is 5.97. The fraction of sp³-hybridized carbons (Fsp3) is 0.562. The van der Waals surface area contributed by atoms with Gasteiger partial charge in [0.25, 0.3) is 5.91 Å². The third-order valence-electron chi connectivity index (χ3n) is 4.02. The quantitative estimate of drug-likeness (QED) is 0.876. The molecule has 1 unspecified atom stereocenters. The number of carbonyl (C=O) groups is 1. The Morgan fingerprint density at radius 3 is 2.33 bits per heavy atom. The van der Waals surface area contributed by atoms with Crippen LogP contribution in [0, 0.1) is 0 Å². The second-order valence-corrected chi connectivity index (χ2v) is 7.98. The summed E-state index contributed by atoms with van der Waals surface area (Å²) < 4.78 is 12.0. The highest BCUT2D eigenvalue weighted by Gasteiger charge is 2.34. The number of benzene rings is 1. The Morgan fingerprint density at radius 2 is 1.86 bits per heavy atom. The van der Waals surface area contributed by atoms with E-state index in [-0.39, 0.29) is 17.8 Å². The van der Waals surface area contributed by atoms with E-state index in [1.807, 2.05) is 13.8 Å². The van der Waals surface area contributed by atoms with Crippen molar-refractivity contribution in [1.29, 1.82) is 0 Å². The minimum absolute atomic E-state index is 0.0197. The lowest BCUT2D eigenvalue weighted by Gasteiger charge is -2.28. The summed E-state index contributed by atoms with van der Waals surface area (Å²) in [5.74, 6) is -0.173. The van der Waals surface area contributed by atoms with Crippen LogP contribution in [0.1, 0.15) is 49.9 Å².